The molecule has 0 saturated carbocycles. The number of hydrogen-bond acceptors (Lipinski definition) is 29. The van der Waals surface area contributed by atoms with Crippen LogP contribution in [0.1, 0.15) is 185 Å². The molecular weight excluding hydrogens is 2190 g/mol. The summed E-state index contributed by atoms with van der Waals surface area (Å²) in [4.78, 5) is 245. The molecule has 3 radical (unpaired) electrons. The van der Waals surface area contributed by atoms with E-state index in [9.17, 15) is 107 Å². The number of ether oxygens (including phenoxy) is 4. The molecule has 0 aliphatic carbocycles. The zero-order chi connectivity index (χ0) is 110. The number of unbranched alkanes of at least 4 members (excludes halogenated alkanes) is 6. The number of amides is 16. The van der Waals surface area contributed by atoms with E-state index in [-0.39, 0.29) is 238 Å². The number of aromatic nitrogens is 1. The normalized spacial score (nSPS) is 13.2. The summed E-state index contributed by atoms with van der Waals surface area (Å²) >= 11 is 4.92. The summed E-state index contributed by atoms with van der Waals surface area (Å²) in [6.45, 7) is 21.5. The second-order valence-electron chi connectivity index (χ2n) is 33.9. The molecule has 9 rings (SSSR count). The molecule has 4 heterocycles. The van der Waals surface area contributed by atoms with Gasteiger partial charge in [-0.3, -0.25) is 82.7 Å². The number of carbonyl (C=O) groups excluding carboxylic acids is 18. The van der Waals surface area contributed by atoms with Crippen molar-refractivity contribution < 1.29 is 220 Å². The molecule has 149 heavy (non-hydrogen) atoms. The van der Waals surface area contributed by atoms with Crippen LogP contribution in [0.5, 0.6) is 11.5 Å². The van der Waals surface area contributed by atoms with Gasteiger partial charge in [0.2, 0.25) is 53.2 Å². The summed E-state index contributed by atoms with van der Waals surface area (Å²) < 4.78 is 25.8. The maximum Gasteiger partial charge on any atom is 0.514 e. The summed E-state index contributed by atoms with van der Waals surface area (Å²) in [5.41, 5.74) is 8.04. The maximum atomic E-state index is 13.0. The number of aliphatic hydroxyl groups excluding tert-OH is 1. The number of hydrogen-bond donors (Lipinski definition) is 12. The second-order valence-corrected chi connectivity index (χ2v) is 34.2. The van der Waals surface area contributed by atoms with Gasteiger partial charge < -0.3 is 112 Å². The number of imide groups is 3. The van der Waals surface area contributed by atoms with Crippen molar-refractivity contribution in [3.63, 3.8) is 0 Å². The standard InChI is InChI=1S/C33H38N5O10.C28H38N5O7.C26H35N4O6.C7H4ClNO4.C5H5N.C2H7N.3Y/c1-20(2)29(36-27(39)8-6-5-7-17-37-28(40)18-21(3)32(37)43)31(42)34-22(4)30(41)35-24-11-9-23(10-12-24)19-47-33(44)48-26-15-13-25(14-16-26)38(45)46;1-17(2)24(32-22(34)9-7-6-8-14-33-23(35)15-18(3)27(33)38)26(37)30-19(4)25(36)31-21-12-10-20(11-13-21)16-40-28(39)29-5;1-16(2)23(25(35)27-18(4)24(34)28-20-11-9-19(15-31)10-12-20)29-21(32)8-6-5-7-13-30-22(33)14-17(3)26(30)36;8-7(10)13-6-3-1-5(2-4-6)9(11)12;1-2-4-6-5-3-1;1-2-3;;;/h9-16,20,22,29H,5-8,17,19H2,1-4H3,(H,34,42)(H,35,41)(H,36,39);10-13,17,19,24H,6-9,14,16H2,1-5H3,(H,29,39)(H,30,37)(H,31,36)(H,32,34);9-12,16,18,23,31H,5-8,13,15H2,1-4H3,(H,27,35)(H,28,34)(H,29,32);1-4H;1-5H;2-3H2,1H3;;;/q3*-1;;;;;;/t22-,29-;19-,24-;18-,23-;;;;;;/m010....../s1/i;;;;;1T;;;. The molecule has 6 aromatic rings. The minimum atomic E-state index is -1.00. The van der Waals surface area contributed by atoms with Crippen LogP contribution in [0.15, 0.2) is 169 Å². The Balaban J connectivity index is 0.00000101. The number of rotatable bonds is 45. The molecule has 0 fully saturated rings. The van der Waals surface area contributed by atoms with E-state index in [0.29, 0.717) is 111 Å². The van der Waals surface area contributed by atoms with Gasteiger partial charge in [0.15, 0.2) is 0 Å². The number of carbonyl (C=O) groups is 18. The predicted molar refractivity (Wildman–Crippen MR) is 534 cm³/mol. The van der Waals surface area contributed by atoms with Gasteiger partial charge in [-0.05, 0) is 173 Å². The third-order valence-corrected chi connectivity index (χ3v) is 21.1. The number of nitrogens with one attached hydrogen (secondary N) is 10. The quantitative estimate of drug-likeness (QED) is 0.00247. The maximum absolute atomic E-state index is 13.0. The Morgan fingerprint density at radius 1 is 0.430 bits per heavy atom. The largest absolute Gasteiger partial charge is 0.514 e. The summed E-state index contributed by atoms with van der Waals surface area (Å²) in [6, 6.07) is 30.3. The molecule has 797 valence electrons. The molecular formula is C101H127ClN17O27Y3-3. The zero-order valence-corrected chi connectivity index (χ0v) is 94.5. The van der Waals surface area contributed by atoms with E-state index in [2.05, 4.69) is 81.1 Å². The first-order valence-electron chi connectivity index (χ1n) is 47.3. The molecule has 0 spiro atoms. The van der Waals surface area contributed by atoms with Crippen molar-refractivity contribution >= 4 is 146 Å². The van der Waals surface area contributed by atoms with Crippen molar-refractivity contribution in [2.45, 2.75) is 223 Å². The SMILES string of the molecule is CC1=[C-]C(=O)N(CCCCCC(=O)N[C@H](C(=O)N[C@@H](C)C(=O)Nc2ccc(CO)cc2)C(C)C)C1=O.CC1=[C-]C(=O)N(CCCCCC(=O)N[C@H](C(=O)N[C@@H](C)C(=O)Nc2ccc(COC(=O)Oc3ccc([N+](=O)[O-])cc3)cc2)C(C)C)C1=O.CNC(=O)OCc1ccc(NC(=O)[C@@H](C)NC(=O)[C@H](NC(=O)CCCCCN2C(=O)[C-]=C(C)C2=O)C(C)C)cc1.O=C(Cl)Oc1ccc([N+](=O)[O-])cc1.[3H]CCN.[Y].[Y].[Y].c1ccncc1. The molecule has 0 saturated heterocycles. The fourth-order valence-electron chi connectivity index (χ4n) is 13.0. The Bertz CT molecular complexity index is 5570. The number of alkyl carbamates (subject to hydrolysis) is 1. The van der Waals surface area contributed by atoms with Crippen LogP contribution in [-0.2, 0) is 199 Å². The van der Waals surface area contributed by atoms with Crippen molar-refractivity contribution in [2.75, 3.05) is 49.2 Å². The fraction of sp³-hybridized carbons (Fsp3) is 0.416. The number of nitro groups is 2. The number of halogens is 1. The van der Waals surface area contributed by atoms with Crippen molar-refractivity contribution in [2.24, 2.45) is 23.5 Å². The molecule has 3 aliphatic heterocycles. The number of non-ortho nitro benzene ring substituents is 2. The molecule has 44 nitrogen and oxygen atoms in total. The van der Waals surface area contributed by atoms with Gasteiger partial charge in [0.05, 0.1) is 34.2 Å². The smallest absolute Gasteiger partial charge is 0.445 e. The van der Waals surface area contributed by atoms with E-state index in [1.807, 2.05) is 18.2 Å². The van der Waals surface area contributed by atoms with Crippen molar-refractivity contribution in [3.05, 3.63) is 224 Å². The Kier molecular flexibility index (Phi) is 64.0. The number of nitro benzene ring substituents is 2. The molecule has 1 aromatic heterocycles. The van der Waals surface area contributed by atoms with E-state index in [4.69, 9.17) is 38.0 Å². The van der Waals surface area contributed by atoms with Crippen molar-refractivity contribution in [3.8, 4) is 11.5 Å². The van der Waals surface area contributed by atoms with Crippen LogP contribution in [0.4, 0.5) is 42.8 Å². The third kappa shape index (κ3) is 51.0. The van der Waals surface area contributed by atoms with E-state index < -0.39 is 117 Å². The van der Waals surface area contributed by atoms with E-state index in [1.165, 1.54) is 69.4 Å². The summed E-state index contributed by atoms with van der Waals surface area (Å²) in [7, 11) is 1.46. The van der Waals surface area contributed by atoms with Crippen LogP contribution in [0.3, 0.4) is 0 Å². The van der Waals surface area contributed by atoms with Crippen molar-refractivity contribution in [1.29, 1.82) is 0 Å². The molecule has 16 amide bonds. The van der Waals surface area contributed by atoms with Crippen LogP contribution >= 0.6 is 11.6 Å². The molecule has 0 bridgehead atoms. The first kappa shape index (κ1) is 133. The zero-order valence-electron chi connectivity index (χ0n) is 86.2. The Morgan fingerprint density at radius 2 is 0.725 bits per heavy atom. The van der Waals surface area contributed by atoms with Crippen molar-refractivity contribution in [1.82, 2.24) is 56.9 Å². The molecule has 13 N–H and O–H groups in total. The van der Waals surface area contributed by atoms with Gasteiger partial charge in [-0.25, -0.2) is 14.4 Å². The van der Waals surface area contributed by atoms with Gasteiger partial charge in [-0.15, -0.1) is 0 Å². The van der Waals surface area contributed by atoms with Crippen LogP contribution in [0, 0.1) is 56.2 Å². The minimum absolute atomic E-state index is 0. The number of nitrogens with two attached hydrogens (primary N) is 1. The number of nitrogens with zero attached hydrogens (tertiary/aromatic N) is 6. The van der Waals surface area contributed by atoms with Crippen LogP contribution in [0.25, 0.3) is 0 Å². The van der Waals surface area contributed by atoms with Gasteiger partial charge in [0.25, 0.3) is 11.4 Å². The van der Waals surface area contributed by atoms with Crippen LogP contribution in [-0.4, -0.2) is 210 Å². The predicted octanol–water partition coefficient (Wildman–Crippen LogP) is 10.2. The average Bonchev–Trinajstić information content (AvgIpc) is 1.72. The van der Waals surface area contributed by atoms with Gasteiger partial charge in [0, 0.05) is 211 Å². The topological polar surface area (TPSA) is 620 Å². The fourth-order valence-corrected chi connectivity index (χ4v) is 13.1. The molecule has 6 atom stereocenters. The molecule has 48 heteroatoms. The number of anilines is 3. The van der Waals surface area contributed by atoms with Crippen LogP contribution < -0.4 is 68.4 Å². The van der Waals surface area contributed by atoms with Gasteiger partial charge >= 0.3 is 17.7 Å². The first-order chi connectivity index (χ1) is 69.7. The summed E-state index contributed by atoms with van der Waals surface area (Å²) in [5, 5.41) is 56.6. The van der Waals surface area contributed by atoms with Crippen LogP contribution in [0.2, 0.25) is 0 Å². The molecule has 5 aromatic carbocycles. The number of pyridine rings is 1. The average molecular weight is 2320 g/mol. The van der Waals surface area contributed by atoms with E-state index in [0.717, 1.165) is 20.3 Å². The van der Waals surface area contributed by atoms with Gasteiger partial charge in [-0.2, -0.15) is 34.9 Å². The monoisotopic (exact) mass is 2310 g/mol. The second kappa shape index (κ2) is 72.0. The first-order valence-corrected chi connectivity index (χ1v) is 47.0. The number of aliphatic hydroxyl groups is 1. The van der Waals surface area contributed by atoms with E-state index in [1.54, 1.807) is 154 Å². The summed E-state index contributed by atoms with van der Waals surface area (Å²) in [6.07, 6.45) is 15.0. The van der Waals surface area contributed by atoms with Gasteiger partial charge in [0.1, 0.15) is 78.7 Å². The molecule has 0 unspecified atom stereocenters. The summed E-state index contributed by atoms with van der Waals surface area (Å²) in [5.74, 6) is -6.45. The minimum Gasteiger partial charge on any atom is -0.445 e. The third-order valence-electron chi connectivity index (χ3n) is 21.1. The van der Waals surface area contributed by atoms with E-state index >= 15 is 0 Å². The Hall–Kier alpha value is -12.5. The van der Waals surface area contributed by atoms with Gasteiger partial charge in [-0.1, -0.05) is 131 Å². The Morgan fingerprint density at radius 3 is 0.966 bits per heavy atom. The molecule has 3 aliphatic rings. The number of benzene rings is 5. The Labute approximate surface area is 945 Å².